The molecule has 0 bridgehead atoms. The van der Waals surface area contributed by atoms with Crippen LogP contribution in [0.3, 0.4) is 0 Å². The van der Waals surface area contributed by atoms with Crippen molar-refractivity contribution in [2.24, 2.45) is 0 Å². The summed E-state index contributed by atoms with van der Waals surface area (Å²) in [5, 5.41) is 13.0. The smallest absolute Gasteiger partial charge is 0.328 e. The van der Waals surface area contributed by atoms with Gasteiger partial charge >= 0.3 is 5.97 Å². The summed E-state index contributed by atoms with van der Waals surface area (Å²) in [7, 11) is -3.17. The first kappa shape index (κ1) is 44.5. The fourth-order valence-corrected chi connectivity index (χ4v) is 9.90. The van der Waals surface area contributed by atoms with Gasteiger partial charge in [0.1, 0.15) is 41.1 Å². The predicted octanol–water partition coefficient (Wildman–Crippen LogP) is 9.00. The number of ether oxygens (including phenoxy) is 4. The van der Waals surface area contributed by atoms with Crippen LogP contribution in [0.5, 0.6) is 17.2 Å². The van der Waals surface area contributed by atoms with Gasteiger partial charge in [0, 0.05) is 13.0 Å². The van der Waals surface area contributed by atoms with Gasteiger partial charge in [-0.05, 0) is 113 Å². The first-order valence-corrected chi connectivity index (χ1v) is 22.6. The molecule has 5 aromatic carbocycles. The molecule has 0 radical (unpaired) electrons. The van der Waals surface area contributed by atoms with Gasteiger partial charge in [0.25, 0.3) is 0 Å². The lowest BCUT2D eigenvalue weighted by Crippen LogP contribution is -2.56. The van der Waals surface area contributed by atoms with Crippen LogP contribution < -0.4 is 19.5 Å². The van der Waals surface area contributed by atoms with Crippen LogP contribution in [-0.2, 0) is 50.3 Å². The zero-order valence-electron chi connectivity index (χ0n) is 34.4. The lowest BCUT2D eigenvalue weighted by Gasteiger charge is -2.37. The summed E-state index contributed by atoms with van der Waals surface area (Å²) in [4.78, 5) is 31.7. The monoisotopic (exact) mass is 936 g/mol. The molecular weight excluding hydrogens is 899 g/mol. The Bertz CT molecular complexity index is 2890. The maximum atomic E-state index is 14.6. The van der Waals surface area contributed by atoms with Gasteiger partial charge in [-0.3, -0.25) is 4.79 Å². The number of halogens is 3. The molecule has 0 saturated heterocycles. The van der Waals surface area contributed by atoms with E-state index in [4.69, 9.17) is 59.0 Å². The molecule has 64 heavy (non-hydrogen) atoms. The standard InChI is InChI=1S/C48H39Cl3N4O8S/c1-28-45(17-18-46(51)53-28)64(58,59)55-25-36-23-43-42(62-27-44(63-43)34-12-14-37(15-13-34)61-26-31-7-16-38(49)39(50)19-31)22-35(36)21-41(55)47(56)54-40(48(57)60-2)20-29-3-8-32(9-4-29)33-10-5-30(24-52)6-11-33/h3-19,22-23,40-41,44H,20-21,25-27H2,1-2H3,(H,54,56)/t40?,41-,44+/m0/s1. The van der Waals surface area contributed by atoms with Crippen LogP contribution in [0.2, 0.25) is 15.2 Å². The minimum absolute atomic E-state index is 0.0442. The van der Waals surface area contributed by atoms with Crippen molar-refractivity contribution in [3.05, 3.63) is 170 Å². The van der Waals surface area contributed by atoms with E-state index in [0.717, 1.165) is 32.1 Å². The van der Waals surface area contributed by atoms with E-state index in [1.807, 2.05) is 66.7 Å². The fraction of sp³-hybridized carbons (Fsp3) is 0.208. The molecule has 326 valence electrons. The SMILES string of the molecule is COC(=O)C(Cc1ccc(-c2ccc(C#N)cc2)cc1)NC(=O)[C@@H]1Cc2cc3c(cc2CN1S(=O)(=O)c1ccc(Cl)nc1C)O[C@@H](c1ccc(OCc2ccc(Cl)c(Cl)c2)cc1)CO3. The average Bonchev–Trinajstić information content (AvgIpc) is 3.30. The summed E-state index contributed by atoms with van der Waals surface area (Å²) in [6.07, 6.45) is -0.463. The number of aryl methyl sites for hydroxylation is 1. The van der Waals surface area contributed by atoms with Crippen LogP contribution in [0.15, 0.2) is 120 Å². The Kier molecular flexibility index (Phi) is 13.1. The fourth-order valence-electron chi connectivity index (χ4n) is 7.67. The summed E-state index contributed by atoms with van der Waals surface area (Å²) < 4.78 is 54.0. The van der Waals surface area contributed by atoms with Crippen molar-refractivity contribution in [1.29, 1.82) is 5.26 Å². The van der Waals surface area contributed by atoms with E-state index >= 15 is 0 Å². The number of benzene rings is 5. The number of aromatic nitrogens is 1. The predicted molar refractivity (Wildman–Crippen MR) is 241 cm³/mol. The van der Waals surface area contributed by atoms with Gasteiger partial charge in [-0.15, -0.1) is 0 Å². The van der Waals surface area contributed by atoms with Crippen molar-refractivity contribution < 1.29 is 37.0 Å². The molecule has 0 aliphatic carbocycles. The summed E-state index contributed by atoms with van der Waals surface area (Å²) >= 11 is 18.3. The van der Waals surface area contributed by atoms with Crippen LogP contribution in [0.4, 0.5) is 0 Å². The molecule has 1 N–H and O–H groups in total. The number of hydrogen-bond donors (Lipinski definition) is 1. The summed E-state index contributed by atoms with van der Waals surface area (Å²) in [5.41, 5.74) is 6.20. The molecule has 2 aliphatic rings. The molecule has 3 heterocycles. The van der Waals surface area contributed by atoms with E-state index in [-0.39, 0.29) is 41.7 Å². The number of pyridine rings is 1. The number of fused-ring (bicyclic) bond motifs is 2. The highest BCUT2D eigenvalue weighted by molar-refractivity contribution is 7.89. The van der Waals surface area contributed by atoms with Crippen molar-refractivity contribution in [3.63, 3.8) is 0 Å². The molecule has 12 nitrogen and oxygen atoms in total. The van der Waals surface area contributed by atoms with Crippen molar-refractivity contribution in [3.8, 4) is 34.4 Å². The molecule has 1 amide bonds. The van der Waals surface area contributed by atoms with Gasteiger partial charge in [0.2, 0.25) is 15.9 Å². The second kappa shape index (κ2) is 18.9. The van der Waals surface area contributed by atoms with Gasteiger partial charge in [0.05, 0.1) is 34.5 Å². The summed E-state index contributed by atoms with van der Waals surface area (Å²) in [5.74, 6) is 0.0992. The Morgan fingerprint density at radius 3 is 2.23 bits per heavy atom. The number of carbonyl (C=O) groups is 2. The van der Waals surface area contributed by atoms with Crippen LogP contribution >= 0.6 is 34.8 Å². The second-order valence-corrected chi connectivity index (χ2v) is 18.3. The van der Waals surface area contributed by atoms with Gasteiger partial charge in [-0.1, -0.05) is 89.4 Å². The molecule has 0 fully saturated rings. The van der Waals surface area contributed by atoms with E-state index < -0.39 is 40.1 Å². The van der Waals surface area contributed by atoms with Crippen LogP contribution in [0, 0.1) is 18.3 Å². The highest BCUT2D eigenvalue weighted by atomic mass is 35.5. The van der Waals surface area contributed by atoms with E-state index in [2.05, 4.69) is 16.4 Å². The number of methoxy groups -OCH3 is 1. The van der Waals surface area contributed by atoms with Crippen LogP contribution in [0.25, 0.3) is 11.1 Å². The third kappa shape index (κ3) is 9.67. The zero-order chi connectivity index (χ0) is 45.1. The molecular formula is C48H39Cl3N4O8S. The number of nitrogens with one attached hydrogen (secondary N) is 1. The Labute approximate surface area is 385 Å². The van der Waals surface area contributed by atoms with E-state index in [1.54, 1.807) is 36.4 Å². The van der Waals surface area contributed by atoms with Gasteiger partial charge in [0.15, 0.2) is 17.6 Å². The number of amides is 1. The Morgan fingerprint density at radius 2 is 1.56 bits per heavy atom. The largest absolute Gasteiger partial charge is 0.489 e. The van der Waals surface area contributed by atoms with Gasteiger partial charge in [-0.25, -0.2) is 18.2 Å². The van der Waals surface area contributed by atoms with Crippen molar-refractivity contribution in [2.75, 3.05) is 13.7 Å². The number of esters is 1. The quantitative estimate of drug-likeness (QED) is 0.0928. The molecule has 3 atom stereocenters. The lowest BCUT2D eigenvalue weighted by atomic mass is 9.93. The molecule has 0 spiro atoms. The normalized spacial score (nSPS) is 16.2. The molecule has 1 aromatic heterocycles. The van der Waals surface area contributed by atoms with Crippen LogP contribution in [0.1, 0.15) is 45.2 Å². The molecule has 1 unspecified atom stereocenters. The number of nitriles is 1. The highest BCUT2D eigenvalue weighted by Gasteiger charge is 2.42. The number of nitrogens with zero attached hydrogens (tertiary/aromatic N) is 3. The number of hydrogen-bond acceptors (Lipinski definition) is 10. The second-order valence-electron chi connectivity index (χ2n) is 15.3. The summed E-state index contributed by atoms with van der Waals surface area (Å²) in [6.45, 7) is 1.81. The van der Waals surface area contributed by atoms with E-state index in [1.165, 1.54) is 26.2 Å². The van der Waals surface area contributed by atoms with Crippen molar-refractivity contribution in [2.45, 2.75) is 56.0 Å². The topological polar surface area (TPSA) is 157 Å². The number of carbonyl (C=O) groups excluding carboxylic acids is 2. The van der Waals surface area contributed by atoms with E-state index in [0.29, 0.717) is 50.6 Å². The average molecular weight is 938 g/mol. The maximum absolute atomic E-state index is 14.6. The maximum Gasteiger partial charge on any atom is 0.328 e. The van der Waals surface area contributed by atoms with Crippen molar-refractivity contribution in [1.82, 2.24) is 14.6 Å². The molecule has 0 saturated carbocycles. The number of rotatable bonds is 12. The number of sulfonamides is 1. The minimum atomic E-state index is -4.39. The molecule has 8 rings (SSSR count). The highest BCUT2D eigenvalue weighted by Crippen LogP contribution is 2.42. The molecule has 6 aromatic rings. The Morgan fingerprint density at radius 1 is 0.875 bits per heavy atom. The third-order valence-electron chi connectivity index (χ3n) is 11.1. The molecule has 2 aliphatic heterocycles. The Hall–Kier alpha value is -6.14. The molecule has 16 heteroatoms. The Balaban J connectivity index is 1.02. The summed E-state index contributed by atoms with van der Waals surface area (Å²) in [6, 6.07) is 33.3. The zero-order valence-corrected chi connectivity index (χ0v) is 37.5. The van der Waals surface area contributed by atoms with Crippen LogP contribution in [-0.4, -0.2) is 55.4 Å². The van der Waals surface area contributed by atoms with Crippen molar-refractivity contribution >= 4 is 56.7 Å². The lowest BCUT2D eigenvalue weighted by molar-refractivity contribution is -0.145. The van der Waals surface area contributed by atoms with Gasteiger partial charge < -0.3 is 24.3 Å². The minimum Gasteiger partial charge on any atom is -0.489 e. The van der Waals surface area contributed by atoms with E-state index in [9.17, 15) is 18.0 Å². The third-order valence-corrected chi connectivity index (χ3v) is 14.0. The first-order valence-electron chi connectivity index (χ1n) is 20.0. The van der Waals surface area contributed by atoms with Gasteiger partial charge in [-0.2, -0.15) is 9.57 Å². The first-order chi connectivity index (χ1) is 30.8.